The fraction of sp³-hybridized carbons (Fsp3) is 0.231. The summed E-state index contributed by atoms with van der Waals surface area (Å²) in [4.78, 5) is 0. The van der Waals surface area contributed by atoms with Crippen molar-refractivity contribution < 1.29 is 8.42 Å². The number of sulfonamides is 1. The van der Waals surface area contributed by atoms with Crippen molar-refractivity contribution in [1.29, 1.82) is 0 Å². The maximum atomic E-state index is 12.4. The van der Waals surface area contributed by atoms with Gasteiger partial charge >= 0.3 is 0 Å². The lowest BCUT2D eigenvalue weighted by molar-refractivity contribution is 0.603. The summed E-state index contributed by atoms with van der Waals surface area (Å²) >= 11 is 4.57. The van der Waals surface area contributed by atoms with E-state index in [0.717, 1.165) is 21.2 Å². The van der Waals surface area contributed by atoms with Crippen LogP contribution in [0.2, 0.25) is 0 Å². The van der Waals surface area contributed by atoms with E-state index in [-0.39, 0.29) is 4.21 Å². The zero-order chi connectivity index (χ0) is 14.9. The molecule has 0 aliphatic rings. The Morgan fingerprint density at radius 2 is 2.00 bits per heavy atom. The number of nitrogens with two attached hydrogens (primary N) is 1. The van der Waals surface area contributed by atoms with Crippen LogP contribution in [0.5, 0.6) is 0 Å². The van der Waals surface area contributed by atoms with Gasteiger partial charge in [0.2, 0.25) is 0 Å². The lowest BCUT2D eigenvalue weighted by Crippen LogP contribution is -2.13. The van der Waals surface area contributed by atoms with Crippen LogP contribution in [0.3, 0.4) is 0 Å². The molecular weight excluding hydrogens is 360 g/mol. The van der Waals surface area contributed by atoms with E-state index < -0.39 is 10.0 Å². The molecule has 2 rings (SSSR count). The fourth-order valence-corrected chi connectivity index (χ4v) is 5.11. The SMILES string of the molecule is Cc1cc(C)c(NS(=O)(=O)c2cc(CN)cs2)c(Br)c1. The van der Waals surface area contributed by atoms with E-state index in [4.69, 9.17) is 5.73 Å². The smallest absolute Gasteiger partial charge is 0.271 e. The summed E-state index contributed by atoms with van der Waals surface area (Å²) in [5.74, 6) is 0. The maximum absolute atomic E-state index is 12.4. The molecule has 0 amide bonds. The molecule has 2 aromatic rings. The van der Waals surface area contributed by atoms with Crippen LogP contribution in [-0.4, -0.2) is 8.42 Å². The largest absolute Gasteiger partial charge is 0.326 e. The molecule has 4 nitrogen and oxygen atoms in total. The van der Waals surface area contributed by atoms with Gasteiger partial charge in [0.1, 0.15) is 4.21 Å². The lowest BCUT2D eigenvalue weighted by Gasteiger charge is -2.12. The van der Waals surface area contributed by atoms with Crippen molar-refractivity contribution in [2.24, 2.45) is 5.73 Å². The van der Waals surface area contributed by atoms with Gasteiger partial charge in [0.05, 0.1) is 5.69 Å². The predicted molar refractivity (Wildman–Crippen MR) is 86.6 cm³/mol. The maximum Gasteiger partial charge on any atom is 0.271 e. The highest BCUT2D eigenvalue weighted by Crippen LogP contribution is 2.31. The van der Waals surface area contributed by atoms with Crippen LogP contribution in [0.25, 0.3) is 0 Å². The fourth-order valence-electron chi connectivity index (χ4n) is 1.83. The van der Waals surface area contributed by atoms with Gasteiger partial charge in [-0.15, -0.1) is 11.3 Å². The number of hydrogen-bond acceptors (Lipinski definition) is 4. The molecule has 0 saturated heterocycles. The van der Waals surface area contributed by atoms with Crippen molar-refractivity contribution >= 4 is 43.0 Å². The minimum absolute atomic E-state index is 0.268. The average Bonchev–Trinajstić information content (AvgIpc) is 2.83. The Bertz CT molecular complexity index is 716. The first-order valence-corrected chi connectivity index (χ1v) is 9.06. The van der Waals surface area contributed by atoms with E-state index in [9.17, 15) is 8.42 Å². The van der Waals surface area contributed by atoms with E-state index in [1.165, 1.54) is 11.3 Å². The zero-order valence-electron chi connectivity index (χ0n) is 11.1. The molecule has 0 aliphatic carbocycles. The molecule has 1 heterocycles. The molecule has 0 aliphatic heterocycles. The first-order valence-electron chi connectivity index (χ1n) is 5.90. The normalized spacial score (nSPS) is 11.6. The molecular formula is C13H15BrN2O2S2. The highest BCUT2D eigenvalue weighted by atomic mass is 79.9. The van der Waals surface area contributed by atoms with E-state index >= 15 is 0 Å². The van der Waals surface area contributed by atoms with Crippen molar-refractivity contribution in [2.45, 2.75) is 24.6 Å². The van der Waals surface area contributed by atoms with E-state index in [2.05, 4.69) is 20.7 Å². The number of hydrogen-bond donors (Lipinski definition) is 2. The molecule has 0 radical (unpaired) electrons. The van der Waals surface area contributed by atoms with Gasteiger partial charge in [-0.1, -0.05) is 6.07 Å². The molecule has 0 atom stereocenters. The zero-order valence-corrected chi connectivity index (χ0v) is 14.3. The molecule has 20 heavy (non-hydrogen) atoms. The molecule has 0 fully saturated rings. The van der Waals surface area contributed by atoms with Gasteiger partial charge in [-0.2, -0.15) is 0 Å². The molecule has 108 valence electrons. The summed E-state index contributed by atoms with van der Waals surface area (Å²) in [6.07, 6.45) is 0. The predicted octanol–water partition coefficient (Wildman–Crippen LogP) is 3.39. The lowest BCUT2D eigenvalue weighted by atomic mass is 10.1. The van der Waals surface area contributed by atoms with Crippen molar-refractivity contribution in [3.05, 3.63) is 44.7 Å². The summed E-state index contributed by atoms with van der Waals surface area (Å²) in [6, 6.07) is 5.41. The molecule has 7 heteroatoms. The standard InChI is InChI=1S/C13H15BrN2O2S2/c1-8-3-9(2)13(11(14)4-8)16-20(17,18)12-5-10(6-15)7-19-12/h3-5,7,16H,6,15H2,1-2H3. The molecule has 1 aromatic carbocycles. The Kier molecular flexibility index (Phi) is 4.53. The van der Waals surface area contributed by atoms with Gasteiger partial charge in [0.15, 0.2) is 0 Å². The van der Waals surface area contributed by atoms with Crippen molar-refractivity contribution in [2.75, 3.05) is 4.72 Å². The number of rotatable bonds is 4. The minimum Gasteiger partial charge on any atom is -0.326 e. The topological polar surface area (TPSA) is 72.2 Å². The summed E-state index contributed by atoms with van der Waals surface area (Å²) in [7, 11) is -3.58. The third-order valence-corrected chi connectivity index (χ3v) is 6.26. The Morgan fingerprint density at radius 1 is 1.30 bits per heavy atom. The van der Waals surface area contributed by atoms with Crippen LogP contribution in [0.15, 0.2) is 32.3 Å². The number of halogens is 1. The quantitative estimate of drug-likeness (QED) is 0.861. The minimum atomic E-state index is -3.58. The Hall–Kier alpha value is -0.890. The number of aryl methyl sites for hydroxylation is 2. The Balaban J connectivity index is 2.38. The van der Waals surface area contributed by atoms with Crippen LogP contribution in [0.4, 0.5) is 5.69 Å². The molecule has 1 aromatic heterocycles. The van der Waals surface area contributed by atoms with Gasteiger partial charge in [-0.25, -0.2) is 8.42 Å². The van der Waals surface area contributed by atoms with Gasteiger partial charge in [0.25, 0.3) is 10.0 Å². The Labute approximate surface area is 131 Å². The highest BCUT2D eigenvalue weighted by Gasteiger charge is 2.19. The van der Waals surface area contributed by atoms with Gasteiger partial charge in [0, 0.05) is 11.0 Å². The molecule has 0 bridgehead atoms. The van der Waals surface area contributed by atoms with Crippen LogP contribution < -0.4 is 10.5 Å². The van der Waals surface area contributed by atoms with E-state index in [1.807, 2.05) is 26.0 Å². The number of nitrogens with one attached hydrogen (secondary N) is 1. The Morgan fingerprint density at radius 3 is 2.55 bits per heavy atom. The number of anilines is 1. The first kappa shape index (κ1) is 15.5. The highest BCUT2D eigenvalue weighted by molar-refractivity contribution is 9.10. The van der Waals surface area contributed by atoms with Crippen molar-refractivity contribution in [3.8, 4) is 0 Å². The second kappa shape index (κ2) is 5.85. The first-order chi connectivity index (χ1) is 9.33. The molecule has 0 spiro atoms. The van der Waals surface area contributed by atoms with E-state index in [0.29, 0.717) is 12.2 Å². The van der Waals surface area contributed by atoms with Crippen LogP contribution in [0.1, 0.15) is 16.7 Å². The summed E-state index contributed by atoms with van der Waals surface area (Å²) < 4.78 is 28.3. The third kappa shape index (κ3) is 3.22. The molecule has 3 N–H and O–H groups in total. The van der Waals surface area contributed by atoms with E-state index in [1.54, 1.807) is 11.4 Å². The summed E-state index contributed by atoms with van der Waals surface area (Å²) in [5, 5.41) is 1.76. The molecule has 0 unspecified atom stereocenters. The number of benzene rings is 1. The van der Waals surface area contributed by atoms with Crippen LogP contribution in [-0.2, 0) is 16.6 Å². The molecule has 0 saturated carbocycles. The second-order valence-electron chi connectivity index (χ2n) is 4.52. The van der Waals surface area contributed by atoms with Crippen molar-refractivity contribution in [3.63, 3.8) is 0 Å². The number of thiophene rings is 1. The van der Waals surface area contributed by atoms with Crippen molar-refractivity contribution in [1.82, 2.24) is 0 Å². The van der Waals surface area contributed by atoms with Gasteiger partial charge in [-0.3, -0.25) is 4.72 Å². The summed E-state index contributed by atoms with van der Waals surface area (Å²) in [6.45, 7) is 4.16. The van der Waals surface area contributed by atoms with Crippen LogP contribution in [0, 0.1) is 13.8 Å². The van der Waals surface area contributed by atoms with Crippen LogP contribution >= 0.6 is 27.3 Å². The third-order valence-electron chi connectivity index (χ3n) is 2.80. The second-order valence-corrected chi connectivity index (χ2v) is 8.20. The van der Waals surface area contributed by atoms with Gasteiger partial charge in [-0.05, 0) is 64.0 Å². The average molecular weight is 375 g/mol. The summed E-state index contributed by atoms with van der Waals surface area (Å²) in [5.41, 5.74) is 8.83. The van der Waals surface area contributed by atoms with Gasteiger partial charge < -0.3 is 5.73 Å². The monoisotopic (exact) mass is 374 g/mol.